The lowest BCUT2D eigenvalue weighted by molar-refractivity contribution is 0.00937. The van der Waals surface area contributed by atoms with Gasteiger partial charge >= 0.3 is 0 Å². The second-order valence-corrected chi connectivity index (χ2v) is 2.46. The van der Waals surface area contributed by atoms with Gasteiger partial charge in [0.15, 0.2) is 0 Å². The van der Waals surface area contributed by atoms with Gasteiger partial charge in [-0.2, -0.15) is 0 Å². The van der Waals surface area contributed by atoms with Crippen LogP contribution in [-0.4, -0.2) is 34.1 Å². The minimum absolute atomic E-state index is 0.405. The van der Waals surface area contributed by atoms with Crippen molar-refractivity contribution in [3.63, 3.8) is 0 Å². The summed E-state index contributed by atoms with van der Waals surface area (Å²) in [5.74, 6) is 0. The summed E-state index contributed by atoms with van der Waals surface area (Å²) in [5.41, 5.74) is 0. The highest BCUT2D eigenvalue weighted by atomic mass is 16.4. The third kappa shape index (κ3) is 4.95. The Labute approximate surface area is 67.0 Å². The first-order chi connectivity index (χ1) is 5.22. The Morgan fingerprint density at radius 1 is 1.36 bits per heavy atom. The van der Waals surface area contributed by atoms with Crippen molar-refractivity contribution >= 4 is 0 Å². The number of aliphatic hydroxyl groups is 3. The van der Waals surface area contributed by atoms with Crippen LogP contribution in [0.25, 0.3) is 0 Å². The van der Waals surface area contributed by atoms with Crippen molar-refractivity contribution in [3.8, 4) is 0 Å². The van der Waals surface area contributed by atoms with E-state index in [4.69, 9.17) is 15.3 Å². The van der Waals surface area contributed by atoms with Crippen LogP contribution in [0, 0.1) is 0 Å². The third-order valence-corrected chi connectivity index (χ3v) is 1.37. The van der Waals surface area contributed by atoms with Crippen molar-refractivity contribution in [1.82, 2.24) is 0 Å². The van der Waals surface area contributed by atoms with Gasteiger partial charge in [-0.25, -0.2) is 0 Å². The van der Waals surface area contributed by atoms with E-state index in [2.05, 4.69) is 0 Å². The monoisotopic (exact) mass is 160 g/mol. The molecule has 0 aromatic rings. The van der Waals surface area contributed by atoms with Crippen molar-refractivity contribution in [1.29, 1.82) is 0 Å². The molecule has 0 rings (SSSR count). The van der Waals surface area contributed by atoms with E-state index >= 15 is 0 Å². The van der Waals surface area contributed by atoms with E-state index in [-0.39, 0.29) is 0 Å². The topological polar surface area (TPSA) is 60.7 Å². The van der Waals surface area contributed by atoms with Gasteiger partial charge in [0.25, 0.3) is 0 Å². The highest BCUT2D eigenvalue weighted by Crippen LogP contribution is 1.96. The number of allylic oxidation sites excluding steroid dienone is 1. The van der Waals surface area contributed by atoms with E-state index in [0.29, 0.717) is 0 Å². The van der Waals surface area contributed by atoms with Gasteiger partial charge < -0.3 is 15.3 Å². The molecule has 11 heavy (non-hydrogen) atoms. The molecule has 0 saturated heterocycles. The van der Waals surface area contributed by atoms with Crippen molar-refractivity contribution in [2.24, 2.45) is 0 Å². The van der Waals surface area contributed by atoms with Gasteiger partial charge in [0, 0.05) is 0 Å². The summed E-state index contributed by atoms with van der Waals surface area (Å²) < 4.78 is 0. The Kier molecular flexibility index (Phi) is 6.12. The molecule has 0 amide bonds. The third-order valence-electron chi connectivity index (χ3n) is 1.37. The molecule has 0 bridgehead atoms. The summed E-state index contributed by atoms with van der Waals surface area (Å²) in [7, 11) is 0. The lowest BCUT2D eigenvalue weighted by Crippen LogP contribution is -2.27. The van der Waals surface area contributed by atoms with E-state index in [0.717, 1.165) is 12.8 Å². The van der Waals surface area contributed by atoms with Crippen LogP contribution in [0.2, 0.25) is 0 Å². The Balaban J connectivity index is 3.57. The number of unbranched alkanes of at least 4 members (excludes halogenated alkanes) is 1. The molecule has 0 unspecified atom stereocenters. The molecule has 0 aliphatic carbocycles. The summed E-state index contributed by atoms with van der Waals surface area (Å²) in [4.78, 5) is 0. The van der Waals surface area contributed by atoms with Crippen molar-refractivity contribution in [3.05, 3.63) is 12.2 Å². The van der Waals surface area contributed by atoms with Crippen LogP contribution in [0.4, 0.5) is 0 Å². The maximum Gasteiger partial charge on any atom is 0.106 e. The molecule has 0 heterocycles. The molecule has 66 valence electrons. The lowest BCUT2D eigenvalue weighted by Gasteiger charge is -2.10. The first-order valence-electron chi connectivity index (χ1n) is 3.86. The molecule has 0 spiro atoms. The lowest BCUT2D eigenvalue weighted by atomic mass is 10.2. The van der Waals surface area contributed by atoms with Crippen molar-refractivity contribution < 1.29 is 15.3 Å². The smallest absolute Gasteiger partial charge is 0.106 e. The Bertz CT molecular complexity index is 112. The predicted octanol–water partition coefficient (Wildman–Crippen LogP) is 0.0568. The van der Waals surface area contributed by atoms with Gasteiger partial charge in [-0.1, -0.05) is 25.5 Å². The largest absolute Gasteiger partial charge is 0.394 e. The summed E-state index contributed by atoms with van der Waals surface area (Å²) >= 11 is 0. The molecule has 3 nitrogen and oxygen atoms in total. The maximum absolute atomic E-state index is 9.05. The fourth-order valence-corrected chi connectivity index (χ4v) is 0.639. The molecule has 3 heteroatoms. The number of hydrogen-bond acceptors (Lipinski definition) is 3. The van der Waals surface area contributed by atoms with Crippen LogP contribution in [0.3, 0.4) is 0 Å². The minimum Gasteiger partial charge on any atom is -0.394 e. The summed E-state index contributed by atoms with van der Waals surface area (Å²) in [5, 5.41) is 26.3. The standard InChI is InChI=1S/C8H16O3/c1-2-3-4-5-7(10)8(11)6-9/h4-5,7-11H,2-3,6H2,1H3/b5-4+/t7-,8-/m1/s1. The highest BCUT2D eigenvalue weighted by molar-refractivity contribution is 4.91. The van der Waals surface area contributed by atoms with Gasteiger partial charge in [0.2, 0.25) is 0 Å². The fourth-order valence-electron chi connectivity index (χ4n) is 0.639. The van der Waals surface area contributed by atoms with E-state index in [9.17, 15) is 0 Å². The van der Waals surface area contributed by atoms with Crippen LogP contribution >= 0.6 is 0 Å². The zero-order valence-electron chi connectivity index (χ0n) is 6.77. The van der Waals surface area contributed by atoms with E-state index in [1.54, 1.807) is 6.08 Å². The normalized spacial score (nSPS) is 17.1. The summed E-state index contributed by atoms with van der Waals surface area (Å²) in [6.45, 7) is 1.62. The van der Waals surface area contributed by atoms with E-state index < -0.39 is 18.8 Å². The van der Waals surface area contributed by atoms with Gasteiger partial charge in [-0.15, -0.1) is 0 Å². The maximum atomic E-state index is 9.05. The van der Waals surface area contributed by atoms with Crippen molar-refractivity contribution in [2.75, 3.05) is 6.61 Å². The second kappa shape index (κ2) is 6.34. The second-order valence-electron chi connectivity index (χ2n) is 2.46. The number of rotatable bonds is 5. The summed E-state index contributed by atoms with van der Waals surface area (Å²) in [6.07, 6.45) is 3.20. The van der Waals surface area contributed by atoms with Gasteiger partial charge in [0.05, 0.1) is 6.61 Å². The van der Waals surface area contributed by atoms with Crippen molar-refractivity contribution in [2.45, 2.75) is 32.0 Å². The first kappa shape index (κ1) is 10.6. The Hall–Kier alpha value is -0.380. The highest BCUT2D eigenvalue weighted by Gasteiger charge is 2.10. The number of hydrogen-bond donors (Lipinski definition) is 3. The van der Waals surface area contributed by atoms with Gasteiger partial charge in [0.1, 0.15) is 12.2 Å². The molecule has 0 aliphatic rings. The number of aliphatic hydroxyl groups excluding tert-OH is 3. The van der Waals surface area contributed by atoms with Crippen LogP contribution < -0.4 is 0 Å². The molecule has 0 saturated carbocycles. The average molecular weight is 160 g/mol. The molecule has 0 radical (unpaired) electrons. The summed E-state index contributed by atoms with van der Waals surface area (Å²) in [6, 6.07) is 0. The predicted molar refractivity (Wildman–Crippen MR) is 43.1 cm³/mol. The molecule has 0 aromatic carbocycles. The molecule has 3 N–H and O–H groups in total. The SMILES string of the molecule is CCC/C=C/[C@@H](O)[C@H](O)CO. The molecule has 2 atom stereocenters. The fraction of sp³-hybridized carbons (Fsp3) is 0.750. The molecule has 0 aromatic heterocycles. The van der Waals surface area contributed by atoms with Crippen LogP contribution in [0.5, 0.6) is 0 Å². The zero-order valence-corrected chi connectivity index (χ0v) is 6.77. The van der Waals surface area contributed by atoms with Crippen LogP contribution in [0.1, 0.15) is 19.8 Å². The molecule has 0 aliphatic heterocycles. The molecular formula is C8H16O3. The Morgan fingerprint density at radius 2 is 2.00 bits per heavy atom. The zero-order chi connectivity index (χ0) is 8.69. The van der Waals surface area contributed by atoms with Crippen LogP contribution in [0.15, 0.2) is 12.2 Å². The van der Waals surface area contributed by atoms with E-state index in [1.807, 2.05) is 6.92 Å². The van der Waals surface area contributed by atoms with Crippen LogP contribution in [-0.2, 0) is 0 Å². The minimum atomic E-state index is -1.05. The average Bonchev–Trinajstić information content (AvgIpc) is 2.03. The van der Waals surface area contributed by atoms with Gasteiger partial charge in [-0.3, -0.25) is 0 Å². The first-order valence-corrected chi connectivity index (χ1v) is 3.86. The molecule has 0 fully saturated rings. The Morgan fingerprint density at radius 3 is 2.45 bits per heavy atom. The van der Waals surface area contributed by atoms with Gasteiger partial charge in [-0.05, 0) is 6.42 Å². The molecular weight excluding hydrogens is 144 g/mol. The van der Waals surface area contributed by atoms with E-state index in [1.165, 1.54) is 6.08 Å². The quantitative estimate of drug-likeness (QED) is 0.498.